The summed E-state index contributed by atoms with van der Waals surface area (Å²) in [5.41, 5.74) is 9.34. The maximum Gasteiger partial charge on any atom is 0.231 e. The Bertz CT molecular complexity index is 1650. The predicted octanol–water partition coefficient (Wildman–Crippen LogP) is 4.81. The lowest BCUT2D eigenvalue weighted by atomic mass is 10.0. The lowest BCUT2D eigenvalue weighted by Gasteiger charge is -2.34. The van der Waals surface area contributed by atoms with Crippen LogP contribution in [0.15, 0.2) is 60.7 Å². The van der Waals surface area contributed by atoms with Gasteiger partial charge in [-0.2, -0.15) is 0 Å². The summed E-state index contributed by atoms with van der Waals surface area (Å²) in [6, 6.07) is 18.1. The SMILES string of the molecule is C[C@H](CO)N1C[C@H](C)[C@H](CN(C)Cc2ccc3c(c2)OCO3)Oc2ccc(NC(=O)CCCCCC(=O)Nc3ccccc3N)cc2CC1=O. The van der Waals surface area contributed by atoms with Crippen LogP contribution in [-0.4, -0.2) is 78.3 Å². The Morgan fingerprint density at radius 2 is 1.70 bits per heavy atom. The smallest absolute Gasteiger partial charge is 0.231 e. The molecule has 268 valence electrons. The van der Waals surface area contributed by atoms with Gasteiger partial charge >= 0.3 is 0 Å². The molecule has 0 saturated heterocycles. The van der Waals surface area contributed by atoms with Gasteiger partial charge in [0.1, 0.15) is 11.9 Å². The zero-order chi connectivity index (χ0) is 35.6. The molecule has 0 fully saturated rings. The average Bonchev–Trinajstić information content (AvgIpc) is 3.57. The van der Waals surface area contributed by atoms with E-state index >= 15 is 0 Å². The fourth-order valence-electron chi connectivity index (χ4n) is 6.24. The minimum atomic E-state index is -0.357. The van der Waals surface area contributed by atoms with E-state index in [4.69, 9.17) is 19.9 Å². The van der Waals surface area contributed by atoms with Crippen LogP contribution in [0.5, 0.6) is 17.2 Å². The monoisotopic (exact) mass is 687 g/mol. The van der Waals surface area contributed by atoms with E-state index in [1.807, 2.05) is 50.4 Å². The molecule has 3 aromatic rings. The number of ether oxygens (including phenoxy) is 3. The summed E-state index contributed by atoms with van der Waals surface area (Å²) in [5.74, 6) is 1.67. The van der Waals surface area contributed by atoms with E-state index in [9.17, 15) is 19.5 Å². The minimum Gasteiger partial charge on any atom is -0.488 e. The van der Waals surface area contributed by atoms with Crippen molar-refractivity contribution in [3.8, 4) is 17.2 Å². The van der Waals surface area contributed by atoms with Crippen LogP contribution < -0.4 is 30.6 Å². The van der Waals surface area contributed by atoms with Gasteiger partial charge in [0.25, 0.3) is 0 Å². The molecule has 0 aliphatic carbocycles. The quantitative estimate of drug-likeness (QED) is 0.138. The van der Waals surface area contributed by atoms with Crippen LogP contribution in [0.1, 0.15) is 57.1 Å². The van der Waals surface area contributed by atoms with E-state index in [0.29, 0.717) is 73.7 Å². The lowest BCUT2D eigenvalue weighted by Crippen LogP contribution is -2.47. The molecule has 3 aromatic carbocycles. The van der Waals surface area contributed by atoms with Crippen molar-refractivity contribution < 1.29 is 33.7 Å². The number of anilines is 3. The number of benzene rings is 3. The molecule has 0 radical (unpaired) electrons. The van der Waals surface area contributed by atoms with Gasteiger partial charge in [-0.15, -0.1) is 0 Å². The number of amides is 3. The van der Waals surface area contributed by atoms with Gasteiger partial charge in [-0.3, -0.25) is 19.3 Å². The Morgan fingerprint density at radius 3 is 2.46 bits per heavy atom. The number of nitrogens with zero attached hydrogens (tertiary/aromatic N) is 2. The Labute approximate surface area is 293 Å². The van der Waals surface area contributed by atoms with Gasteiger partial charge in [-0.05, 0) is 74.8 Å². The first-order valence-corrected chi connectivity index (χ1v) is 17.3. The average molecular weight is 688 g/mol. The second kappa shape index (κ2) is 17.2. The molecule has 2 heterocycles. The number of hydrogen-bond donors (Lipinski definition) is 4. The van der Waals surface area contributed by atoms with Gasteiger partial charge in [0, 0.05) is 49.6 Å². The maximum atomic E-state index is 13.6. The topological polar surface area (TPSA) is 156 Å². The summed E-state index contributed by atoms with van der Waals surface area (Å²) in [5, 5.41) is 15.8. The lowest BCUT2D eigenvalue weighted by molar-refractivity contribution is -0.134. The summed E-state index contributed by atoms with van der Waals surface area (Å²) in [6.07, 6.45) is 2.46. The highest BCUT2D eigenvalue weighted by atomic mass is 16.7. The number of aliphatic hydroxyl groups excluding tert-OH is 1. The second-order valence-electron chi connectivity index (χ2n) is 13.3. The summed E-state index contributed by atoms with van der Waals surface area (Å²) in [7, 11) is 2.03. The highest BCUT2D eigenvalue weighted by Gasteiger charge is 2.31. The molecule has 12 nitrogen and oxygen atoms in total. The summed E-state index contributed by atoms with van der Waals surface area (Å²) in [6.45, 7) is 5.66. The Balaban J connectivity index is 1.19. The van der Waals surface area contributed by atoms with Crippen LogP contribution in [0.2, 0.25) is 0 Å². The molecular weight excluding hydrogens is 638 g/mol. The number of rotatable bonds is 14. The fourth-order valence-corrected chi connectivity index (χ4v) is 6.24. The highest BCUT2D eigenvalue weighted by Crippen LogP contribution is 2.33. The standard InChI is InChI=1S/C38H49N5O7/c1-25-20-43(26(2)23-44)38(47)19-28-18-29(40-36(45)11-5-4-6-12-37(46)41-31-10-8-7-9-30(31)39)14-16-32(28)50-35(25)22-42(3)21-27-13-15-33-34(17-27)49-24-48-33/h7-10,13-18,25-26,35,44H,4-6,11-12,19-24,39H2,1-3H3,(H,40,45)(H,41,46)/t25-,26+,35-/m0/s1. The van der Waals surface area contributed by atoms with Crippen molar-refractivity contribution in [2.24, 2.45) is 5.92 Å². The van der Waals surface area contributed by atoms with Crippen LogP contribution >= 0.6 is 0 Å². The minimum absolute atomic E-state index is 0.0416. The predicted molar refractivity (Wildman–Crippen MR) is 192 cm³/mol. The Hall–Kier alpha value is -4.81. The molecule has 2 aliphatic heterocycles. The van der Waals surface area contributed by atoms with E-state index in [-0.39, 0.29) is 55.6 Å². The van der Waals surface area contributed by atoms with Crippen molar-refractivity contribution in [2.45, 2.75) is 71.1 Å². The maximum absolute atomic E-state index is 13.6. The Kier molecular flexibility index (Phi) is 12.6. The number of unbranched alkanes of at least 4 members (excludes halogenated alkanes) is 2. The number of likely N-dealkylation sites (N-methyl/N-ethyl adjacent to an activating group) is 1. The number of fused-ring (bicyclic) bond motifs is 2. The number of carbonyl (C=O) groups excluding carboxylic acids is 3. The highest BCUT2D eigenvalue weighted by molar-refractivity contribution is 5.94. The van der Waals surface area contributed by atoms with E-state index in [0.717, 1.165) is 23.5 Å². The van der Waals surface area contributed by atoms with Crippen molar-refractivity contribution in [3.63, 3.8) is 0 Å². The largest absolute Gasteiger partial charge is 0.488 e. The molecule has 2 aliphatic rings. The van der Waals surface area contributed by atoms with E-state index in [2.05, 4.69) is 22.5 Å². The second-order valence-corrected chi connectivity index (χ2v) is 13.3. The van der Waals surface area contributed by atoms with Gasteiger partial charge in [-0.1, -0.05) is 31.5 Å². The Morgan fingerprint density at radius 1 is 0.980 bits per heavy atom. The zero-order valence-corrected chi connectivity index (χ0v) is 29.2. The molecule has 5 rings (SSSR count). The van der Waals surface area contributed by atoms with Gasteiger partial charge in [0.05, 0.1) is 30.4 Å². The number of aliphatic hydroxyl groups is 1. The van der Waals surface area contributed by atoms with Crippen molar-refractivity contribution >= 4 is 34.8 Å². The molecule has 3 atom stereocenters. The van der Waals surface area contributed by atoms with Crippen LogP contribution in [0, 0.1) is 5.92 Å². The van der Waals surface area contributed by atoms with Gasteiger partial charge < -0.3 is 40.6 Å². The number of nitrogens with two attached hydrogens (primary N) is 1. The molecule has 3 amide bonds. The summed E-state index contributed by atoms with van der Waals surface area (Å²) >= 11 is 0. The third-order valence-electron chi connectivity index (χ3n) is 9.12. The number of hydrogen-bond acceptors (Lipinski definition) is 9. The molecule has 50 heavy (non-hydrogen) atoms. The molecule has 0 aromatic heterocycles. The first kappa shape index (κ1) is 36.5. The van der Waals surface area contributed by atoms with E-state index < -0.39 is 0 Å². The molecule has 0 bridgehead atoms. The zero-order valence-electron chi connectivity index (χ0n) is 29.2. The first-order valence-electron chi connectivity index (χ1n) is 17.3. The van der Waals surface area contributed by atoms with Crippen LogP contribution in [0.3, 0.4) is 0 Å². The normalized spacial score (nSPS) is 17.6. The summed E-state index contributed by atoms with van der Waals surface area (Å²) in [4.78, 5) is 42.6. The third-order valence-corrected chi connectivity index (χ3v) is 9.12. The molecule has 12 heteroatoms. The molecule has 0 spiro atoms. The van der Waals surface area contributed by atoms with Gasteiger partial charge in [0.15, 0.2) is 11.5 Å². The van der Waals surface area contributed by atoms with Crippen LogP contribution in [0.4, 0.5) is 17.1 Å². The number of para-hydroxylation sites is 2. The van der Waals surface area contributed by atoms with Crippen molar-refractivity contribution in [1.82, 2.24) is 9.80 Å². The van der Waals surface area contributed by atoms with Crippen molar-refractivity contribution in [2.75, 3.05) is 49.9 Å². The molecule has 0 unspecified atom stereocenters. The third kappa shape index (κ3) is 9.88. The summed E-state index contributed by atoms with van der Waals surface area (Å²) < 4.78 is 17.7. The van der Waals surface area contributed by atoms with E-state index in [1.54, 1.807) is 29.2 Å². The van der Waals surface area contributed by atoms with Crippen LogP contribution in [0.25, 0.3) is 0 Å². The molecule has 5 N–H and O–H groups in total. The van der Waals surface area contributed by atoms with Crippen LogP contribution in [-0.2, 0) is 27.3 Å². The van der Waals surface area contributed by atoms with Gasteiger partial charge in [-0.25, -0.2) is 0 Å². The first-order chi connectivity index (χ1) is 24.1. The van der Waals surface area contributed by atoms with Gasteiger partial charge in [0.2, 0.25) is 24.5 Å². The number of nitrogen functional groups attached to an aromatic ring is 1. The number of nitrogens with one attached hydrogen (secondary N) is 2. The van der Waals surface area contributed by atoms with Crippen molar-refractivity contribution in [3.05, 3.63) is 71.8 Å². The molecular formula is C38H49N5O7. The number of carbonyl (C=O) groups is 3. The van der Waals surface area contributed by atoms with Crippen molar-refractivity contribution in [1.29, 1.82) is 0 Å². The molecule has 0 saturated carbocycles. The van der Waals surface area contributed by atoms with E-state index in [1.165, 1.54) is 0 Å². The fraction of sp³-hybridized carbons (Fsp3) is 0.447.